The average Bonchev–Trinajstić information content (AvgIpc) is 2.36. The molecule has 0 aliphatic carbocycles. The molecule has 0 aromatic carbocycles. The number of nitrogens with zero attached hydrogens (tertiary/aromatic N) is 1. The Kier molecular flexibility index (Phi) is 5.95. The predicted molar refractivity (Wildman–Crippen MR) is 76.8 cm³/mol. The lowest BCUT2D eigenvalue weighted by atomic mass is 9.84. The normalized spacial score (nSPS) is 11.2. The molecule has 0 radical (unpaired) electrons. The van der Waals surface area contributed by atoms with Gasteiger partial charge in [-0.05, 0) is 30.4 Å². The topological polar surface area (TPSA) is 79.3 Å². The summed E-state index contributed by atoms with van der Waals surface area (Å²) in [6.45, 7) is 4.47. The van der Waals surface area contributed by atoms with Crippen molar-refractivity contribution in [2.75, 3.05) is 6.54 Å². The van der Waals surface area contributed by atoms with Gasteiger partial charge in [0.15, 0.2) is 0 Å². The van der Waals surface area contributed by atoms with Crippen molar-refractivity contribution in [3.8, 4) is 0 Å². The van der Waals surface area contributed by atoms with E-state index in [9.17, 15) is 9.59 Å². The van der Waals surface area contributed by atoms with Crippen molar-refractivity contribution in [3.05, 3.63) is 29.0 Å². The number of pyridine rings is 1. The quantitative estimate of drug-likeness (QED) is 0.759. The Morgan fingerprint density at radius 1 is 1.40 bits per heavy atom. The second-order valence-corrected chi connectivity index (χ2v) is 5.82. The highest BCUT2D eigenvalue weighted by Crippen LogP contribution is 2.26. The molecule has 1 rings (SSSR count). The van der Waals surface area contributed by atoms with E-state index in [1.807, 2.05) is 13.8 Å². The molecule has 0 bridgehead atoms. The number of amides is 1. The van der Waals surface area contributed by atoms with E-state index in [1.54, 1.807) is 6.07 Å². The molecule has 0 atom stereocenters. The van der Waals surface area contributed by atoms with E-state index < -0.39 is 5.97 Å². The number of hydrogen-bond acceptors (Lipinski definition) is 3. The smallest absolute Gasteiger partial charge is 0.303 e. The Labute approximate surface area is 123 Å². The van der Waals surface area contributed by atoms with E-state index >= 15 is 0 Å². The monoisotopic (exact) mass is 298 g/mol. The summed E-state index contributed by atoms with van der Waals surface area (Å²) in [7, 11) is 0. The van der Waals surface area contributed by atoms with Crippen LogP contribution in [0.5, 0.6) is 0 Å². The zero-order chi connectivity index (χ0) is 15.2. The Balaban J connectivity index is 2.40. The van der Waals surface area contributed by atoms with Crippen molar-refractivity contribution in [1.29, 1.82) is 0 Å². The highest BCUT2D eigenvalue weighted by molar-refractivity contribution is 6.29. The van der Waals surface area contributed by atoms with Crippen LogP contribution in [0, 0.1) is 5.41 Å². The van der Waals surface area contributed by atoms with Gasteiger partial charge in [0.2, 0.25) is 0 Å². The Morgan fingerprint density at radius 2 is 2.10 bits per heavy atom. The van der Waals surface area contributed by atoms with Gasteiger partial charge in [-0.2, -0.15) is 0 Å². The maximum atomic E-state index is 11.9. The van der Waals surface area contributed by atoms with Gasteiger partial charge in [-0.25, -0.2) is 4.98 Å². The van der Waals surface area contributed by atoms with Gasteiger partial charge in [0.25, 0.3) is 5.91 Å². The van der Waals surface area contributed by atoms with Gasteiger partial charge in [0, 0.05) is 24.7 Å². The number of carboxylic acid groups (broad SMARTS) is 1. The van der Waals surface area contributed by atoms with Crippen LogP contribution in [0.1, 0.15) is 43.5 Å². The van der Waals surface area contributed by atoms with Crippen molar-refractivity contribution in [3.63, 3.8) is 0 Å². The molecule has 0 spiro atoms. The van der Waals surface area contributed by atoms with Crippen molar-refractivity contribution in [2.24, 2.45) is 5.41 Å². The molecule has 1 heterocycles. The molecule has 0 unspecified atom stereocenters. The maximum Gasteiger partial charge on any atom is 0.303 e. The number of hydrogen-bond donors (Lipinski definition) is 2. The average molecular weight is 299 g/mol. The number of halogens is 1. The third kappa shape index (κ3) is 6.02. The number of nitrogens with one attached hydrogen (secondary N) is 1. The van der Waals surface area contributed by atoms with Crippen molar-refractivity contribution < 1.29 is 14.7 Å². The molecule has 5 nitrogen and oxygen atoms in total. The van der Waals surface area contributed by atoms with E-state index in [0.717, 1.165) is 0 Å². The molecule has 0 fully saturated rings. The van der Waals surface area contributed by atoms with Crippen LogP contribution in [0.4, 0.5) is 0 Å². The molecule has 1 aromatic rings. The summed E-state index contributed by atoms with van der Waals surface area (Å²) in [4.78, 5) is 26.2. The molecule has 6 heteroatoms. The molecule has 110 valence electrons. The van der Waals surface area contributed by atoms with Gasteiger partial charge < -0.3 is 10.4 Å². The van der Waals surface area contributed by atoms with Crippen LogP contribution < -0.4 is 5.32 Å². The van der Waals surface area contributed by atoms with Crippen LogP contribution in [-0.4, -0.2) is 28.5 Å². The molecule has 0 saturated carbocycles. The standard InChI is InChI=1S/C14H19ClN2O3/c1-14(2,5-3-12(18)19)6-8-17-13(20)10-4-7-16-11(15)9-10/h4,7,9H,3,5-6,8H2,1-2H3,(H,17,20)(H,18,19). The largest absolute Gasteiger partial charge is 0.481 e. The lowest BCUT2D eigenvalue weighted by molar-refractivity contribution is -0.137. The molecule has 0 aliphatic rings. The Bertz CT molecular complexity index is 489. The summed E-state index contributed by atoms with van der Waals surface area (Å²) >= 11 is 5.72. The van der Waals surface area contributed by atoms with Gasteiger partial charge in [0.05, 0.1) is 0 Å². The lowest BCUT2D eigenvalue weighted by Crippen LogP contribution is -2.28. The molecule has 20 heavy (non-hydrogen) atoms. The summed E-state index contributed by atoms with van der Waals surface area (Å²) in [5, 5.41) is 11.8. The fourth-order valence-corrected chi connectivity index (χ4v) is 1.90. The highest BCUT2D eigenvalue weighted by Gasteiger charge is 2.19. The van der Waals surface area contributed by atoms with E-state index in [2.05, 4.69) is 10.3 Å². The third-order valence-electron chi connectivity index (χ3n) is 3.09. The zero-order valence-corrected chi connectivity index (χ0v) is 12.4. The van der Waals surface area contributed by atoms with Crippen LogP contribution in [-0.2, 0) is 4.79 Å². The van der Waals surface area contributed by atoms with Gasteiger partial charge >= 0.3 is 5.97 Å². The van der Waals surface area contributed by atoms with E-state index in [1.165, 1.54) is 12.3 Å². The lowest BCUT2D eigenvalue weighted by Gasteiger charge is -2.23. The summed E-state index contributed by atoms with van der Waals surface area (Å²) < 4.78 is 0. The number of carboxylic acids is 1. The van der Waals surface area contributed by atoms with E-state index in [0.29, 0.717) is 24.9 Å². The van der Waals surface area contributed by atoms with Crippen molar-refractivity contribution >= 4 is 23.5 Å². The minimum absolute atomic E-state index is 0.123. The third-order valence-corrected chi connectivity index (χ3v) is 3.30. The van der Waals surface area contributed by atoms with Crippen LogP contribution >= 0.6 is 11.6 Å². The van der Waals surface area contributed by atoms with Gasteiger partial charge in [-0.1, -0.05) is 25.4 Å². The van der Waals surface area contributed by atoms with Crippen LogP contribution in [0.3, 0.4) is 0 Å². The minimum atomic E-state index is -0.798. The van der Waals surface area contributed by atoms with Crippen LogP contribution in [0.25, 0.3) is 0 Å². The fraction of sp³-hybridized carbons (Fsp3) is 0.500. The fourth-order valence-electron chi connectivity index (χ4n) is 1.73. The van der Waals surface area contributed by atoms with Crippen LogP contribution in [0.2, 0.25) is 5.15 Å². The highest BCUT2D eigenvalue weighted by atomic mass is 35.5. The molecular formula is C14H19ClN2O3. The predicted octanol–water partition coefficient (Wildman–Crippen LogP) is 2.75. The zero-order valence-electron chi connectivity index (χ0n) is 11.6. The van der Waals surface area contributed by atoms with Gasteiger partial charge in [-0.15, -0.1) is 0 Å². The Hall–Kier alpha value is -1.62. The number of rotatable bonds is 7. The first-order valence-electron chi connectivity index (χ1n) is 6.42. The second kappa shape index (κ2) is 7.24. The summed E-state index contributed by atoms with van der Waals surface area (Å²) in [6.07, 6.45) is 2.92. The molecule has 0 saturated heterocycles. The molecule has 0 aliphatic heterocycles. The van der Waals surface area contributed by atoms with Gasteiger partial charge in [-0.3, -0.25) is 9.59 Å². The van der Waals surface area contributed by atoms with Gasteiger partial charge in [0.1, 0.15) is 5.15 Å². The summed E-state index contributed by atoms with van der Waals surface area (Å²) in [6, 6.07) is 3.10. The van der Waals surface area contributed by atoms with Crippen molar-refractivity contribution in [1.82, 2.24) is 10.3 Å². The SMILES string of the molecule is CC(C)(CCNC(=O)c1ccnc(Cl)c1)CCC(=O)O. The van der Waals surface area contributed by atoms with E-state index in [-0.39, 0.29) is 22.9 Å². The molecular weight excluding hydrogens is 280 g/mol. The first-order chi connectivity index (χ1) is 9.30. The van der Waals surface area contributed by atoms with Crippen LogP contribution in [0.15, 0.2) is 18.3 Å². The second-order valence-electron chi connectivity index (χ2n) is 5.43. The maximum absolute atomic E-state index is 11.9. The summed E-state index contributed by atoms with van der Waals surface area (Å²) in [5.74, 6) is -1.00. The molecule has 1 aromatic heterocycles. The first-order valence-corrected chi connectivity index (χ1v) is 6.79. The van der Waals surface area contributed by atoms with E-state index in [4.69, 9.17) is 16.7 Å². The number of carbonyl (C=O) groups excluding carboxylic acids is 1. The minimum Gasteiger partial charge on any atom is -0.481 e. The first kappa shape index (κ1) is 16.4. The number of aromatic nitrogens is 1. The molecule has 2 N–H and O–H groups in total. The number of carbonyl (C=O) groups is 2. The Morgan fingerprint density at radius 3 is 2.70 bits per heavy atom. The molecule has 1 amide bonds. The summed E-state index contributed by atoms with van der Waals surface area (Å²) in [5.41, 5.74) is 0.343. The van der Waals surface area contributed by atoms with Crippen molar-refractivity contribution in [2.45, 2.75) is 33.1 Å². The number of aliphatic carboxylic acids is 1.